The molecular weight excluding hydrogens is 326 g/mol. The maximum atomic E-state index is 13.0. The molecule has 0 saturated carbocycles. The quantitative estimate of drug-likeness (QED) is 0.706. The molecule has 132 valence electrons. The summed E-state index contributed by atoms with van der Waals surface area (Å²) in [4.78, 5) is 12.3. The van der Waals surface area contributed by atoms with Crippen LogP contribution in [0.4, 0.5) is 0 Å². The van der Waals surface area contributed by atoms with Crippen LogP contribution in [0.15, 0.2) is 40.9 Å². The minimum absolute atomic E-state index is 0.226. The van der Waals surface area contributed by atoms with Crippen molar-refractivity contribution in [3.05, 3.63) is 41.6 Å². The number of sulfonamides is 1. The fraction of sp³-hybridized carbons (Fsp3) is 0.500. The molecule has 1 atom stereocenters. The van der Waals surface area contributed by atoms with Crippen LogP contribution in [-0.4, -0.2) is 31.3 Å². The van der Waals surface area contributed by atoms with Crippen LogP contribution < -0.4 is 0 Å². The van der Waals surface area contributed by atoms with Crippen molar-refractivity contribution in [2.24, 2.45) is 0 Å². The number of hydrogen-bond donors (Lipinski definition) is 0. The van der Waals surface area contributed by atoms with E-state index in [0.717, 1.165) is 24.8 Å². The van der Waals surface area contributed by atoms with Gasteiger partial charge in [0.25, 0.3) is 10.0 Å². The van der Waals surface area contributed by atoms with Gasteiger partial charge in [-0.3, -0.25) is 4.31 Å². The Balaban J connectivity index is 2.33. The molecule has 0 aromatic heterocycles. The molecule has 1 aromatic rings. The Kier molecular flexibility index (Phi) is 6.04. The van der Waals surface area contributed by atoms with Gasteiger partial charge in [0.1, 0.15) is 0 Å². The smallest absolute Gasteiger partial charge is 0.335 e. The molecule has 0 bridgehead atoms. The normalized spacial score (nSPS) is 17.7. The van der Waals surface area contributed by atoms with Gasteiger partial charge in [-0.2, -0.15) is 0 Å². The molecule has 1 aromatic carbocycles. The van der Waals surface area contributed by atoms with Gasteiger partial charge in [-0.25, -0.2) is 13.2 Å². The summed E-state index contributed by atoms with van der Waals surface area (Å²) in [6.07, 6.45) is 4.47. The third kappa shape index (κ3) is 3.98. The van der Waals surface area contributed by atoms with Gasteiger partial charge in [0.15, 0.2) is 0 Å². The maximum Gasteiger partial charge on any atom is 0.335 e. The van der Waals surface area contributed by atoms with Crippen molar-refractivity contribution in [2.45, 2.75) is 57.4 Å². The first-order valence-corrected chi connectivity index (χ1v) is 9.82. The largest absolute Gasteiger partial charge is 0.463 e. The van der Waals surface area contributed by atoms with E-state index in [4.69, 9.17) is 4.74 Å². The molecule has 0 N–H and O–H groups in total. The number of benzene rings is 1. The maximum absolute atomic E-state index is 13.0. The average molecular weight is 351 g/mol. The van der Waals surface area contributed by atoms with Crippen LogP contribution in [0.1, 0.15) is 45.1 Å². The van der Waals surface area contributed by atoms with Crippen molar-refractivity contribution in [1.29, 1.82) is 0 Å². The Bertz CT molecular complexity index is 707. The first-order valence-electron chi connectivity index (χ1n) is 8.38. The lowest BCUT2D eigenvalue weighted by Gasteiger charge is -2.25. The molecule has 1 aliphatic rings. The number of carbonyl (C=O) groups excluding carboxylic acids is 1. The van der Waals surface area contributed by atoms with Gasteiger partial charge in [0.2, 0.25) is 0 Å². The Morgan fingerprint density at radius 3 is 2.50 bits per heavy atom. The monoisotopic (exact) mass is 351 g/mol. The summed E-state index contributed by atoms with van der Waals surface area (Å²) in [6.45, 7) is 5.99. The van der Waals surface area contributed by atoms with Crippen LogP contribution in [0, 0.1) is 6.92 Å². The highest BCUT2D eigenvalue weighted by Crippen LogP contribution is 2.32. The lowest BCUT2D eigenvalue weighted by atomic mass is 10.1. The van der Waals surface area contributed by atoms with Gasteiger partial charge < -0.3 is 4.74 Å². The predicted octanol–water partition coefficient (Wildman–Crippen LogP) is 3.40. The van der Waals surface area contributed by atoms with Gasteiger partial charge in [-0.05, 0) is 32.4 Å². The van der Waals surface area contributed by atoms with Crippen molar-refractivity contribution < 1.29 is 17.9 Å². The third-order valence-corrected chi connectivity index (χ3v) is 5.95. The second-order valence-electron chi connectivity index (χ2n) is 6.02. The van der Waals surface area contributed by atoms with Crippen molar-refractivity contribution in [3.63, 3.8) is 0 Å². The molecule has 0 radical (unpaired) electrons. The molecule has 0 amide bonds. The van der Waals surface area contributed by atoms with E-state index in [1.165, 1.54) is 10.5 Å². The highest BCUT2D eigenvalue weighted by molar-refractivity contribution is 7.89. The molecule has 5 nitrogen and oxygen atoms in total. The summed E-state index contributed by atoms with van der Waals surface area (Å²) in [5, 5.41) is 0. The molecule has 0 saturated heterocycles. The average Bonchev–Trinajstić information content (AvgIpc) is 2.98. The Hall–Kier alpha value is -1.82. The molecule has 0 fully saturated rings. The van der Waals surface area contributed by atoms with Gasteiger partial charge in [-0.1, -0.05) is 37.5 Å². The Morgan fingerprint density at radius 2 is 1.92 bits per heavy atom. The van der Waals surface area contributed by atoms with E-state index < -0.39 is 16.0 Å². The fourth-order valence-electron chi connectivity index (χ4n) is 2.78. The van der Waals surface area contributed by atoms with Crippen LogP contribution in [0.25, 0.3) is 0 Å². The zero-order valence-electron chi connectivity index (χ0n) is 14.5. The van der Waals surface area contributed by atoms with E-state index in [0.29, 0.717) is 12.0 Å². The summed E-state index contributed by atoms with van der Waals surface area (Å²) in [7, 11) is -3.67. The first-order chi connectivity index (χ1) is 11.4. The number of esters is 1. The molecule has 0 spiro atoms. The number of rotatable bonds is 7. The van der Waals surface area contributed by atoms with Gasteiger partial charge >= 0.3 is 5.97 Å². The standard InChI is InChI=1S/C18H25NO4S/c1-4-6-7-16-12-15(18(20)23-5-2)13-19(16)24(21,22)17-10-8-14(3)9-11-17/h8-11,13,16H,4-7,12H2,1-3H3. The second-order valence-corrected chi connectivity index (χ2v) is 7.87. The van der Waals surface area contributed by atoms with E-state index >= 15 is 0 Å². The zero-order valence-corrected chi connectivity index (χ0v) is 15.3. The fourth-order valence-corrected chi connectivity index (χ4v) is 4.34. The summed E-state index contributed by atoms with van der Waals surface area (Å²) < 4.78 is 32.3. The molecule has 1 heterocycles. The van der Waals surface area contributed by atoms with Crippen LogP contribution >= 0.6 is 0 Å². The second kappa shape index (κ2) is 7.83. The number of aryl methyl sites for hydroxylation is 1. The van der Waals surface area contributed by atoms with Crippen LogP contribution in [0.2, 0.25) is 0 Å². The van der Waals surface area contributed by atoms with Gasteiger partial charge in [0.05, 0.1) is 17.1 Å². The molecular formula is C18H25NO4S. The number of unbranched alkanes of at least 4 members (excludes halogenated alkanes) is 1. The molecule has 2 rings (SSSR count). The SMILES string of the molecule is CCCCC1CC(C(=O)OCC)=CN1S(=O)(=O)c1ccc(C)cc1. The number of carbonyl (C=O) groups is 1. The van der Waals surface area contributed by atoms with E-state index in [1.54, 1.807) is 31.2 Å². The van der Waals surface area contributed by atoms with Gasteiger partial charge in [-0.15, -0.1) is 0 Å². The zero-order chi connectivity index (χ0) is 17.7. The van der Waals surface area contributed by atoms with Gasteiger partial charge in [0, 0.05) is 18.7 Å². The van der Waals surface area contributed by atoms with E-state index in [9.17, 15) is 13.2 Å². The molecule has 1 unspecified atom stereocenters. The summed E-state index contributed by atoms with van der Waals surface area (Å²) in [5.41, 5.74) is 1.43. The third-order valence-electron chi connectivity index (χ3n) is 4.12. The topological polar surface area (TPSA) is 63.7 Å². The van der Waals surface area contributed by atoms with Crippen molar-refractivity contribution >= 4 is 16.0 Å². The highest BCUT2D eigenvalue weighted by Gasteiger charge is 2.36. The lowest BCUT2D eigenvalue weighted by Crippen LogP contribution is -2.32. The van der Waals surface area contributed by atoms with Crippen LogP contribution in [-0.2, 0) is 19.6 Å². The number of ether oxygens (including phenoxy) is 1. The van der Waals surface area contributed by atoms with E-state index in [-0.39, 0.29) is 17.5 Å². The van der Waals surface area contributed by atoms with Crippen molar-refractivity contribution in [2.75, 3.05) is 6.61 Å². The molecule has 0 aliphatic carbocycles. The van der Waals surface area contributed by atoms with E-state index in [1.807, 2.05) is 6.92 Å². The Morgan fingerprint density at radius 1 is 1.25 bits per heavy atom. The number of hydrogen-bond acceptors (Lipinski definition) is 4. The first kappa shape index (κ1) is 18.5. The predicted molar refractivity (Wildman–Crippen MR) is 92.8 cm³/mol. The summed E-state index contributed by atoms with van der Waals surface area (Å²) in [5.74, 6) is -0.430. The highest BCUT2D eigenvalue weighted by atomic mass is 32.2. The molecule has 6 heteroatoms. The van der Waals surface area contributed by atoms with E-state index in [2.05, 4.69) is 6.92 Å². The summed E-state index contributed by atoms with van der Waals surface area (Å²) in [6, 6.07) is 6.55. The van der Waals surface area contributed by atoms with Crippen LogP contribution in [0.5, 0.6) is 0 Å². The summed E-state index contributed by atoms with van der Waals surface area (Å²) >= 11 is 0. The Labute approximate surface area is 144 Å². The minimum atomic E-state index is -3.67. The van der Waals surface area contributed by atoms with Crippen LogP contribution in [0.3, 0.4) is 0 Å². The van der Waals surface area contributed by atoms with Crippen molar-refractivity contribution in [3.8, 4) is 0 Å². The molecule has 1 aliphatic heterocycles. The number of nitrogens with zero attached hydrogens (tertiary/aromatic N) is 1. The molecule has 24 heavy (non-hydrogen) atoms. The lowest BCUT2D eigenvalue weighted by molar-refractivity contribution is -0.138. The minimum Gasteiger partial charge on any atom is -0.463 e. The van der Waals surface area contributed by atoms with Crippen molar-refractivity contribution in [1.82, 2.24) is 4.31 Å².